The molecule has 0 aromatic rings. The van der Waals surface area contributed by atoms with Gasteiger partial charge in [-0.2, -0.15) is 0 Å². The predicted octanol–water partition coefficient (Wildman–Crippen LogP) is 2.07. The van der Waals surface area contributed by atoms with E-state index < -0.39 is 30.8 Å². The topological polar surface area (TPSA) is 83.9 Å². The molecule has 0 bridgehead atoms. The van der Waals surface area contributed by atoms with Gasteiger partial charge in [0.1, 0.15) is 11.6 Å². The van der Waals surface area contributed by atoms with Gasteiger partial charge in [-0.15, -0.1) is 0 Å². The van der Waals surface area contributed by atoms with Gasteiger partial charge in [-0.1, -0.05) is 0 Å². The minimum atomic E-state index is -2.43. The van der Waals surface area contributed by atoms with Crippen LogP contribution in [0.4, 0.5) is 4.79 Å². The summed E-state index contributed by atoms with van der Waals surface area (Å²) in [5.41, 5.74) is -0.957. The van der Waals surface area contributed by atoms with Crippen LogP contribution in [0, 0.1) is 0 Å². The fourth-order valence-corrected chi connectivity index (χ4v) is 3.30. The molecule has 1 saturated heterocycles. The molecule has 1 fully saturated rings. The van der Waals surface area contributed by atoms with E-state index in [1.165, 1.54) is 4.90 Å². The normalized spacial score (nSPS) is 24.4. The van der Waals surface area contributed by atoms with Crippen LogP contribution < -0.4 is 0 Å². The first-order chi connectivity index (χ1) is 8.42. The van der Waals surface area contributed by atoms with Crippen LogP contribution in [0.3, 0.4) is 0 Å². The molecule has 1 amide bonds. The van der Waals surface area contributed by atoms with Gasteiger partial charge < -0.3 is 14.4 Å². The average molecular weight is 291 g/mol. The Labute approximate surface area is 113 Å². The van der Waals surface area contributed by atoms with Crippen LogP contribution >= 0.6 is 7.14 Å². The summed E-state index contributed by atoms with van der Waals surface area (Å²) in [6.07, 6.45) is -0.436. The maximum Gasteiger partial charge on any atom is 0.411 e. The Kier molecular flexibility index (Phi) is 4.35. The third-order valence-electron chi connectivity index (χ3n) is 3.07. The van der Waals surface area contributed by atoms with Crippen molar-refractivity contribution in [2.24, 2.45) is 0 Å². The first-order valence-electron chi connectivity index (χ1n) is 6.19. The van der Waals surface area contributed by atoms with E-state index in [1.54, 1.807) is 34.1 Å². The van der Waals surface area contributed by atoms with Crippen LogP contribution in [0.5, 0.6) is 0 Å². The number of ether oxygens (including phenoxy) is 1. The summed E-state index contributed by atoms with van der Waals surface area (Å²) >= 11 is 0. The molecule has 6 nitrogen and oxygen atoms in total. The molecule has 1 rings (SSSR count). The van der Waals surface area contributed by atoms with Crippen molar-refractivity contribution < 1.29 is 24.0 Å². The highest BCUT2D eigenvalue weighted by atomic mass is 31.2. The molecule has 1 heterocycles. The summed E-state index contributed by atoms with van der Waals surface area (Å²) in [6.45, 7) is 8.58. The van der Waals surface area contributed by atoms with Gasteiger partial charge in [0.25, 0.3) is 0 Å². The zero-order chi connectivity index (χ0) is 15.0. The number of amides is 1. The predicted molar refractivity (Wildman–Crippen MR) is 72.2 cm³/mol. The Hall–Kier alpha value is -1.03. The summed E-state index contributed by atoms with van der Waals surface area (Å²) < 4.78 is 17.3. The maximum absolute atomic E-state index is 12.1. The molecule has 19 heavy (non-hydrogen) atoms. The Morgan fingerprint density at radius 3 is 2.21 bits per heavy atom. The fraction of sp³-hybridized carbons (Fsp3) is 0.833. The van der Waals surface area contributed by atoms with Crippen molar-refractivity contribution in [1.29, 1.82) is 0 Å². The molecule has 110 valence electrons. The summed E-state index contributed by atoms with van der Waals surface area (Å²) in [5.74, 6) is -1.08. The first kappa shape index (κ1) is 16.0. The monoisotopic (exact) mass is 291 g/mol. The summed E-state index contributed by atoms with van der Waals surface area (Å²) in [5, 5.41) is 9.18. The fourth-order valence-electron chi connectivity index (χ4n) is 2.02. The van der Waals surface area contributed by atoms with Crippen LogP contribution in [-0.2, 0) is 14.1 Å². The van der Waals surface area contributed by atoms with E-state index in [0.29, 0.717) is 0 Å². The highest BCUT2D eigenvalue weighted by Gasteiger charge is 2.45. The average Bonchev–Trinajstić information content (AvgIpc) is 2.57. The molecule has 0 saturated carbocycles. The van der Waals surface area contributed by atoms with Crippen molar-refractivity contribution in [2.75, 3.05) is 19.9 Å². The van der Waals surface area contributed by atoms with Gasteiger partial charge >= 0.3 is 12.1 Å². The van der Waals surface area contributed by atoms with Crippen molar-refractivity contribution in [1.82, 2.24) is 4.90 Å². The number of carboxylic acids is 1. The van der Waals surface area contributed by atoms with E-state index in [0.717, 1.165) is 0 Å². The Morgan fingerprint density at radius 1 is 1.32 bits per heavy atom. The summed E-state index contributed by atoms with van der Waals surface area (Å²) in [6, 6.07) is -0.951. The van der Waals surface area contributed by atoms with Gasteiger partial charge in [0.15, 0.2) is 0 Å². The van der Waals surface area contributed by atoms with Crippen LogP contribution in [0.1, 0.15) is 27.2 Å². The molecule has 0 aromatic heterocycles. The van der Waals surface area contributed by atoms with Crippen LogP contribution in [0.2, 0.25) is 0 Å². The Morgan fingerprint density at radius 2 is 1.84 bits per heavy atom. The molecular formula is C12H22NO5P. The molecule has 0 aromatic carbocycles. The minimum Gasteiger partial charge on any atom is -0.480 e. The van der Waals surface area contributed by atoms with E-state index in [-0.39, 0.29) is 18.6 Å². The third-order valence-corrected chi connectivity index (χ3v) is 5.20. The van der Waals surface area contributed by atoms with E-state index in [1.807, 2.05) is 0 Å². The Bertz CT molecular complexity index is 422. The zero-order valence-electron chi connectivity index (χ0n) is 12.0. The van der Waals surface area contributed by atoms with Gasteiger partial charge in [0, 0.05) is 12.2 Å². The Balaban J connectivity index is 2.89. The molecule has 1 N–H and O–H groups in total. The van der Waals surface area contributed by atoms with E-state index in [9.17, 15) is 19.3 Å². The quantitative estimate of drug-likeness (QED) is 0.787. The second-order valence-electron chi connectivity index (χ2n) is 6.31. The SMILES string of the molecule is CC(C)(C)OC(=O)N1C[C@H](P(C)(C)=O)C[C@@H]1C(=O)O. The number of hydrogen-bond acceptors (Lipinski definition) is 4. The lowest BCUT2D eigenvalue weighted by Gasteiger charge is -2.26. The highest BCUT2D eigenvalue weighted by Crippen LogP contribution is 2.48. The molecule has 7 heteroatoms. The van der Waals surface area contributed by atoms with Crippen molar-refractivity contribution in [3.8, 4) is 0 Å². The standard InChI is InChI=1S/C12H22NO5P/c1-12(2,3)18-11(16)13-7-8(19(4,5)17)6-9(13)10(14)15/h8-9H,6-7H2,1-5H3,(H,14,15)/t8-,9-/m1/s1. The molecule has 0 spiro atoms. The summed E-state index contributed by atoms with van der Waals surface area (Å²) in [7, 11) is -2.43. The number of hydrogen-bond donors (Lipinski definition) is 1. The van der Waals surface area contributed by atoms with Gasteiger partial charge in [0.05, 0.1) is 7.14 Å². The molecule has 2 atom stereocenters. The largest absolute Gasteiger partial charge is 0.480 e. The molecule has 1 aliphatic heterocycles. The minimum absolute atomic E-state index is 0.177. The van der Waals surface area contributed by atoms with Crippen LogP contribution in [0.25, 0.3) is 0 Å². The van der Waals surface area contributed by atoms with E-state index >= 15 is 0 Å². The maximum atomic E-state index is 12.1. The number of carboxylic acid groups (broad SMARTS) is 1. The van der Waals surface area contributed by atoms with Crippen molar-refractivity contribution in [2.45, 2.75) is 44.5 Å². The second kappa shape index (κ2) is 5.16. The lowest BCUT2D eigenvalue weighted by atomic mass is 10.2. The molecule has 0 unspecified atom stereocenters. The zero-order valence-corrected chi connectivity index (χ0v) is 12.9. The smallest absolute Gasteiger partial charge is 0.411 e. The van der Waals surface area contributed by atoms with Gasteiger partial charge in [-0.25, -0.2) is 9.59 Å². The number of carbonyl (C=O) groups excluding carboxylic acids is 1. The summed E-state index contributed by atoms with van der Waals surface area (Å²) in [4.78, 5) is 24.4. The third kappa shape index (κ3) is 4.23. The lowest BCUT2D eigenvalue weighted by molar-refractivity contribution is -0.142. The number of carbonyl (C=O) groups is 2. The first-order valence-corrected chi connectivity index (χ1v) is 8.86. The molecular weight excluding hydrogens is 269 g/mol. The van der Waals surface area contributed by atoms with Crippen molar-refractivity contribution >= 4 is 19.2 Å². The van der Waals surface area contributed by atoms with E-state index in [4.69, 9.17) is 4.74 Å². The number of rotatable bonds is 2. The number of likely N-dealkylation sites (tertiary alicyclic amines) is 1. The second-order valence-corrected chi connectivity index (χ2v) is 9.91. The molecule has 0 radical (unpaired) electrons. The van der Waals surface area contributed by atoms with Crippen LogP contribution in [-0.4, -0.2) is 59.2 Å². The number of aliphatic carboxylic acids is 1. The number of nitrogens with zero attached hydrogens (tertiary/aromatic N) is 1. The van der Waals surface area contributed by atoms with Gasteiger partial charge in [-0.05, 0) is 40.5 Å². The van der Waals surface area contributed by atoms with Crippen molar-refractivity contribution in [3.63, 3.8) is 0 Å². The highest BCUT2D eigenvalue weighted by molar-refractivity contribution is 7.63. The van der Waals surface area contributed by atoms with Gasteiger partial charge in [-0.3, -0.25) is 4.90 Å². The van der Waals surface area contributed by atoms with Gasteiger partial charge in [0.2, 0.25) is 0 Å². The van der Waals surface area contributed by atoms with E-state index in [2.05, 4.69) is 0 Å². The van der Waals surface area contributed by atoms with Crippen LogP contribution in [0.15, 0.2) is 0 Å². The molecule has 0 aliphatic carbocycles. The lowest BCUT2D eigenvalue weighted by Crippen LogP contribution is -2.43. The molecule has 1 aliphatic rings. The van der Waals surface area contributed by atoms with Crippen molar-refractivity contribution in [3.05, 3.63) is 0 Å².